The highest BCUT2D eigenvalue weighted by atomic mass is 35.5. The predicted molar refractivity (Wildman–Crippen MR) is 98.2 cm³/mol. The van der Waals surface area contributed by atoms with Crippen molar-refractivity contribution in [2.24, 2.45) is 0 Å². The Morgan fingerprint density at radius 1 is 0.833 bits per heavy atom. The molecule has 0 spiro atoms. The molecule has 4 rings (SSSR count). The molecule has 24 heavy (non-hydrogen) atoms. The van der Waals surface area contributed by atoms with E-state index in [1.807, 2.05) is 66.7 Å². The van der Waals surface area contributed by atoms with Crippen LogP contribution in [0.15, 0.2) is 77.6 Å². The van der Waals surface area contributed by atoms with Gasteiger partial charge in [0.15, 0.2) is 0 Å². The summed E-state index contributed by atoms with van der Waals surface area (Å²) >= 11 is 6.12. The smallest absolute Gasteiger partial charge is 0.259 e. The number of H-pyrrole nitrogens is 1. The van der Waals surface area contributed by atoms with E-state index in [0.29, 0.717) is 21.7 Å². The third kappa shape index (κ3) is 2.59. The molecule has 4 heteroatoms. The van der Waals surface area contributed by atoms with Gasteiger partial charge in [0.25, 0.3) is 5.56 Å². The predicted octanol–water partition coefficient (Wildman–Crippen LogP) is 4.91. The van der Waals surface area contributed by atoms with Gasteiger partial charge in [0, 0.05) is 10.6 Å². The van der Waals surface area contributed by atoms with Crippen LogP contribution in [0.5, 0.6) is 0 Å². The van der Waals surface area contributed by atoms with Crippen molar-refractivity contribution in [1.82, 2.24) is 9.97 Å². The summed E-state index contributed by atoms with van der Waals surface area (Å²) < 4.78 is 0. The lowest BCUT2D eigenvalue weighted by atomic mass is 9.99. The zero-order valence-electron chi connectivity index (χ0n) is 12.7. The van der Waals surface area contributed by atoms with Crippen LogP contribution in [-0.4, -0.2) is 9.97 Å². The van der Waals surface area contributed by atoms with Crippen LogP contribution in [0.4, 0.5) is 0 Å². The van der Waals surface area contributed by atoms with Crippen molar-refractivity contribution in [2.75, 3.05) is 0 Å². The maximum Gasteiger partial charge on any atom is 0.259 e. The van der Waals surface area contributed by atoms with Gasteiger partial charge in [-0.3, -0.25) is 4.79 Å². The molecule has 0 saturated heterocycles. The number of para-hydroxylation sites is 1. The number of aromatic amines is 1. The second-order valence-electron chi connectivity index (χ2n) is 5.49. The van der Waals surface area contributed by atoms with Crippen LogP contribution in [0.1, 0.15) is 0 Å². The molecule has 1 N–H and O–H groups in total. The van der Waals surface area contributed by atoms with Crippen LogP contribution in [0.3, 0.4) is 0 Å². The first-order valence-corrected chi connectivity index (χ1v) is 7.94. The van der Waals surface area contributed by atoms with E-state index < -0.39 is 0 Å². The van der Waals surface area contributed by atoms with Crippen molar-refractivity contribution in [1.29, 1.82) is 0 Å². The van der Waals surface area contributed by atoms with Crippen molar-refractivity contribution in [3.63, 3.8) is 0 Å². The molecule has 0 aliphatic rings. The van der Waals surface area contributed by atoms with E-state index in [4.69, 9.17) is 11.6 Å². The van der Waals surface area contributed by atoms with Gasteiger partial charge in [0.2, 0.25) is 0 Å². The van der Waals surface area contributed by atoms with E-state index in [2.05, 4.69) is 9.97 Å². The van der Waals surface area contributed by atoms with E-state index in [0.717, 1.165) is 16.7 Å². The SMILES string of the molecule is O=c1[nH]c(-c2ccccc2-c2cccc(Cl)c2)nc2ccccc12. The number of hydrogen-bond acceptors (Lipinski definition) is 2. The third-order valence-corrected chi connectivity index (χ3v) is 4.17. The normalized spacial score (nSPS) is 10.9. The van der Waals surface area contributed by atoms with E-state index >= 15 is 0 Å². The second kappa shape index (κ2) is 5.95. The average Bonchev–Trinajstić information content (AvgIpc) is 2.62. The Morgan fingerprint density at radius 3 is 2.42 bits per heavy atom. The molecule has 0 radical (unpaired) electrons. The van der Waals surface area contributed by atoms with E-state index in [1.165, 1.54) is 0 Å². The summed E-state index contributed by atoms with van der Waals surface area (Å²) in [6.45, 7) is 0. The van der Waals surface area contributed by atoms with Crippen molar-refractivity contribution in [2.45, 2.75) is 0 Å². The standard InChI is InChI=1S/C20H13ClN2O/c21-14-7-5-6-13(12-14)15-8-1-2-9-16(15)19-22-18-11-4-3-10-17(18)20(24)23-19/h1-12H,(H,22,23,24). The van der Waals surface area contributed by atoms with Crippen molar-refractivity contribution < 1.29 is 0 Å². The molecule has 0 aliphatic carbocycles. The van der Waals surface area contributed by atoms with E-state index in [-0.39, 0.29) is 5.56 Å². The van der Waals surface area contributed by atoms with Crippen LogP contribution in [0, 0.1) is 0 Å². The summed E-state index contributed by atoms with van der Waals surface area (Å²) in [5.41, 5.74) is 3.35. The molecule has 0 fully saturated rings. The molecule has 1 heterocycles. The zero-order chi connectivity index (χ0) is 16.5. The number of aromatic nitrogens is 2. The van der Waals surface area contributed by atoms with E-state index in [9.17, 15) is 4.79 Å². The molecule has 0 aliphatic heterocycles. The molecule has 116 valence electrons. The first-order chi connectivity index (χ1) is 11.7. The number of benzene rings is 3. The lowest BCUT2D eigenvalue weighted by Crippen LogP contribution is -2.09. The first kappa shape index (κ1) is 14.7. The Morgan fingerprint density at radius 2 is 1.58 bits per heavy atom. The number of hydrogen-bond donors (Lipinski definition) is 1. The van der Waals surface area contributed by atoms with Gasteiger partial charge in [-0.15, -0.1) is 0 Å². The molecule has 1 aromatic heterocycles. The van der Waals surface area contributed by atoms with Gasteiger partial charge >= 0.3 is 0 Å². The fourth-order valence-electron chi connectivity index (χ4n) is 2.81. The topological polar surface area (TPSA) is 45.8 Å². The highest BCUT2D eigenvalue weighted by Crippen LogP contribution is 2.31. The molecule has 3 aromatic carbocycles. The number of nitrogens with zero attached hydrogens (tertiary/aromatic N) is 1. The fraction of sp³-hybridized carbons (Fsp3) is 0. The van der Waals surface area contributed by atoms with Gasteiger partial charge in [-0.25, -0.2) is 4.98 Å². The maximum absolute atomic E-state index is 12.4. The van der Waals surface area contributed by atoms with Crippen LogP contribution >= 0.6 is 11.6 Å². The summed E-state index contributed by atoms with van der Waals surface area (Å²) in [6.07, 6.45) is 0. The van der Waals surface area contributed by atoms with Crippen LogP contribution in [-0.2, 0) is 0 Å². The lowest BCUT2D eigenvalue weighted by Gasteiger charge is -2.10. The Bertz CT molecular complexity index is 1100. The third-order valence-electron chi connectivity index (χ3n) is 3.93. The highest BCUT2D eigenvalue weighted by molar-refractivity contribution is 6.30. The molecular formula is C20H13ClN2O. The summed E-state index contributed by atoms with van der Waals surface area (Å²) in [5, 5.41) is 1.25. The van der Waals surface area contributed by atoms with Gasteiger partial charge in [0.05, 0.1) is 10.9 Å². The Balaban J connectivity index is 1.97. The second-order valence-corrected chi connectivity index (χ2v) is 5.92. The number of fused-ring (bicyclic) bond motifs is 1. The quantitative estimate of drug-likeness (QED) is 0.567. The van der Waals surface area contributed by atoms with Crippen molar-refractivity contribution >= 4 is 22.5 Å². The molecule has 0 saturated carbocycles. The summed E-state index contributed by atoms with van der Waals surface area (Å²) in [5.74, 6) is 0.550. The monoisotopic (exact) mass is 332 g/mol. The largest absolute Gasteiger partial charge is 0.306 e. The van der Waals surface area contributed by atoms with Gasteiger partial charge in [-0.05, 0) is 35.4 Å². The Labute approximate surface area is 143 Å². The molecular weight excluding hydrogens is 320 g/mol. The number of rotatable bonds is 2. The van der Waals surface area contributed by atoms with E-state index in [1.54, 1.807) is 6.07 Å². The molecule has 4 aromatic rings. The summed E-state index contributed by atoms with van der Waals surface area (Å²) in [4.78, 5) is 19.9. The molecule has 0 atom stereocenters. The minimum absolute atomic E-state index is 0.142. The first-order valence-electron chi connectivity index (χ1n) is 7.57. The van der Waals surface area contributed by atoms with Crippen LogP contribution < -0.4 is 5.56 Å². The summed E-state index contributed by atoms with van der Waals surface area (Å²) in [7, 11) is 0. The Kier molecular flexibility index (Phi) is 3.63. The van der Waals surface area contributed by atoms with Gasteiger partial charge in [-0.1, -0.05) is 60.1 Å². The molecule has 0 bridgehead atoms. The Hall–Kier alpha value is -2.91. The minimum Gasteiger partial charge on any atom is -0.306 e. The fourth-order valence-corrected chi connectivity index (χ4v) is 3.00. The molecule has 0 amide bonds. The highest BCUT2D eigenvalue weighted by Gasteiger charge is 2.11. The minimum atomic E-state index is -0.142. The number of nitrogens with one attached hydrogen (secondary N) is 1. The van der Waals surface area contributed by atoms with Gasteiger partial charge in [0.1, 0.15) is 5.82 Å². The lowest BCUT2D eigenvalue weighted by molar-refractivity contribution is 1.18. The maximum atomic E-state index is 12.4. The van der Waals surface area contributed by atoms with Gasteiger partial charge < -0.3 is 4.98 Å². The average molecular weight is 333 g/mol. The zero-order valence-corrected chi connectivity index (χ0v) is 13.4. The van der Waals surface area contributed by atoms with Crippen LogP contribution in [0.2, 0.25) is 5.02 Å². The van der Waals surface area contributed by atoms with Gasteiger partial charge in [-0.2, -0.15) is 0 Å². The molecule has 0 unspecified atom stereocenters. The van der Waals surface area contributed by atoms with Crippen LogP contribution in [0.25, 0.3) is 33.4 Å². The van der Waals surface area contributed by atoms with Crippen molar-refractivity contribution in [3.05, 3.63) is 88.2 Å². The number of halogens is 1. The van der Waals surface area contributed by atoms with Crippen molar-refractivity contribution in [3.8, 4) is 22.5 Å². The summed E-state index contributed by atoms with van der Waals surface area (Å²) in [6, 6.07) is 22.8. The molecule has 3 nitrogen and oxygen atoms in total.